The maximum absolute atomic E-state index is 2.47. The van der Waals surface area contributed by atoms with Gasteiger partial charge in [0, 0.05) is 33.4 Å². The molecule has 0 bridgehead atoms. The fourth-order valence-corrected chi connectivity index (χ4v) is 9.58. The fraction of sp³-hybridized carbons (Fsp3) is 0.0182. The van der Waals surface area contributed by atoms with E-state index in [4.69, 9.17) is 0 Å². The fourth-order valence-electron chi connectivity index (χ4n) is 9.58. The molecule has 0 aliphatic heterocycles. The van der Waals surface area contributed by atoms with Gasteiger partial charge in [-0.15, -0.1) is 0 Å². The monoisotopic (exact) mass is 726 g/mol. The second-order valence-corrected chi connectivity index (χ2v) is 14.8. The van der Waals surface area contributed by atoms with Gasteiger partial charge in [0.1, 0.15) is 0 Å². The Morgan fingerprint density at radius 1 is 0.386 bits per heavy atom. The molecule has 1 heterocycles. The molecule has 2 nitrogen and oxygen atoms in total. The van der Waals surface area contributed by atoms with Crippen LogP contribution in [0.1, 0.15) is 22.3 Å². The van der Waals surface area contributed by atoms with Crippen molar-refractivity contribution in [3.63, 3.8) is 0 Å². The number of fused-ring (bicyclic) bond motifs is 6. The van der Waals surface area contributed by atoms with Crippen molar-refractivity contribution in [3.8, 4) is 27.9 Å². The quantitative estimate of drug-likeness (QED) is 0.159. The highest BCUT2D eigenvalue weighted by molar-refractivity contribution is 6.17. The SMILES string of the molecule is c1ccc(-c2cccc3c2c2cc(N(c4ccccc4)c4cccc5c4-c4ccccc4C5(c4ccccc4)c4ccccc4)ccc2n3-c2ccccc2)cc1. The minimum Gasteiger partial charge on any atom is -0.310 e. The van der Waals surface area contributed by atoms with E-state index < -0.39 is 5.41 Å². The summed E-state index contributed by atoms with van der Waals surface area (Å²) in [6, 6.07) is 84.2. The average molecular weight is 727 g/mol. The minimum atomic E-state index is -0.496. The number of nitrogens with zero attached hydrogens (tertiary/aromatic N) is 2. The van der Waals surface area contributed by atoms with Crippen LogP contribution in [0.4, 0.5) is 17.1 Å². The van der Waals surface area contributed by atoms with Crippen LogP contribution in [0.5, 0.6) is 0 Å². The first kappa shape index (κ1) is 33.0. The normalized spacial score (nSPS) is 12.7. The molecule has 0 fully saturated rings. The van der Waals surface area contributed by atoms with E-state index in [0.717, 1.165) is 22.7 Å². The van der Waals surface area contributed by atoms with E-state index in [1.165, 1.54) is 66.3 Å². The van der Waals surface area contributed by atoms with Gasteiger partial charge in [-0.2, -0.15) is 0 Å². The molecule has 268 valence electrons. The smallest absolute Gasteiger partial charge is 0.0714 e. The number of hydrogen-bond acceptors (Lipinski definition) is 1. The van der Waals surface area contributed by atoms with Gasteiger partial charge < -0.3 is 9.47 Å². The molecule has 0 unspecified atom stereocenters. The Kier molecular flexibility index (Phi) is 7.75. The molecule has 1 aliphatic rings. The maximum atomic E-state index is 2.47. The molecular weight excluding hydrogens is 689 g/mol. The van der Waals surface area contributed by atoms with E-state index in [0.29, 0.717) is 0 Å². The molecule has 0 radical (unpaired) electrons. The molecule has 1 aliphatic carbocycles. The summed E-state index contributed by atoms with van der Waals surface area (Å²) in [5.74, 6) is 0. The Balaban J connectivity index is 1.22. The molecule has 0 N–H and O–H groups in total. The van der Waals surface area contributed by atoms with Crippen molar-refractivity contribution in [1.82, 2.24) is 4.57 Å². The van der Waals surface area contributed by atoms with E-state index in [1.807, 2.05) is 0 Å². The van der Waals surface area contributed by atoms with Crippen LogP contribution in [0.2, 0.25) is 0 Å². The van der Waals surface area contributed by atoms with Gasteiger partial charge in [-0.05, 0) is 93.5 Å². The zero-order chi connectivity index (χ0) is 37.8. The molecule has 0 amide bonds. The van der Waals surface area contributed by atoms with Gasteiger partial charge in [-0.25, -0.2) is 0 Å². The number of benzene rings is 9. The number of hydrogen-bond donors (Lipinski definition) is 0. The lowest BCUT2D eigenvalue weighted by atomic mass is 9.68. The summed E-state index contributed by atoms with van der Waals surface area (Å²) in [5, 5.41) is 2.45. The summed E-state index contributed by atoms with van der Waals surface area (Å²) >= 11 is 0. The Morgan fingerprint density at radius 2 is 0.947 bits per heavy atom. The van der Waals surface area contributed by atoms with Crippen molar-refractivity contribution in [2.24, 2.45) is 0 Å². The zero-order valence-electron chi connectivity index (χ0n) is 31.3. The van der Waals surface area contributed by atoms with Crippen LogP contribution in [0.25, 0.3) is 49.7 Å². The highest BCUT2D eigenvalue weighted by Crippen LogP contribution is 2.59. The predicted molar refractivity (Wildman–Crippen MR) is 238 cm³/mol. The lowest BCUT2D eigenvalue weighted by Gasteiger charge is -2.34. The minimum absolute atomic E-state index is 0.496. The van der Waals surface area contributed by atoms with Crippen LogP contribution in [0.3, 0.4) is 0 Å². The first-order valence-electron chi connectivity index (χ1n) is 19.7. The van der Waals surface area contributed by atoms with Crippen LogP contribution in [-0.2, 0) is 5.41 Å². The Bertz CT molecular complexity index is 3000. The van der Waals surface area contributed by atoms with E-state index in [9.17, 15) is 0 Å². The average Bonchev–Trinajstić information content (AvgIpc) is 3.79. The van der Waals surface area contributed by atoms with Crippen molar-refractivity contribution in [2.45, 2.75) is 5.41 Å². The summed E-state index contributed by atoms with van der Waals surface area (Å²) in [6.07, 6.45) is 0. The lowest BCUT2D eigenvalue weighted by Crippen LogP contribution is -2.28. The second-order valence-electron chi connectivity index (χ2n) is 14.8. The van der Waals surface area contributed by atoms with Gasteiger partial charge in [0.15, 0.2) is 0 Å². The van der Waals surface area contributed by atoms with Gasteiger partial charge in [0.2, 0.25) is 0 Å². The van der Waals surface area contributed by atoms with Crippen LogP contribution in [0, 0.1) is 0 Å². The molecule has 0 saturated carbocycles. The zero-order valence-corrected chi connectivity index (χ0v) is 31.3. The van der Waals surface area contributed by atoms with Gasteiger partial charge in [-0.3, -0.25) is 0 Å². The largest absolute Gasteiger partial charge is 0.310 e. The van der Waals surface area contributed by atoms with Crippen molar-refractivity contribution in [3.05, 3.63) is 253 Å². The highest BCUT2D eigenvalue weighted by Gasteiger charge is 2.47. The number of para-hydroxylation sites is 2. The van der Waals surface area contributed by atoms with E-state index in [1.54, 1.807) is 0 Å². The Hall–Kier alpha value is -7.42. The molecule has 0 atom stereocenters. The highest BCUT2D eigenvalue weighted by atomic mass is 15.1. The predicted octanol–water partition coefficient (Wildman–Crippen LogP) is 14.3. The van der Waals surface area contributed by atoms with E-state index in [-0.39, 0.29) is 0 Å². The molecule has 9 aromatic carbocycles. The van der Waals surface area contributed by atoms with Crippen LogP contribution >= 0.6 is 0 Å². The molecule has 10 aromatic rings. The van der Waals surface area contributed by atoms with Crippen LogP contribution in [-0.4, -0.2) is 4.57 Å². The van der Waals surface area contributed by atoms with Gasteiger partial charge in [-0.1, -0.05) is 176 Å². The van der Waals surface area contributed by atoms with Gasteiger partial charge in [0.05, 0.1) is 22.1 Å². The third kappa shape index (κ3) is 5.04. The van der Waals surface area contributed by atoms with Gasteiger partial charge >= 0.3 is 0 Å². The summed E-state index contributed by atoms with van der Waals surface area (Å²) in [4.78, 5) is 2.47. The van der Waals surface area contributed by atoms with Gasteiger partial charge in [0.25, 0.3) is 0 Å². The molecular formula is C55H38N2. The number of rotatable bonds is 7. The molecule has 57 heavy (non-hydrogen) atoms. The maximum Gasteiger partial charge on any atom is 0.0714 e. The number of anilines is 3. The summed E-state index contributed by atoms with van der Waals surface area (Å²) in [7, 11) is 0. The summed E-state index contributed by atoms with van der Waals surface area (Å²) in [6.45, 7) is 0. The molecule has 1 aromatic heterocycles. The van der Waals surface area contributed by atoms with E-state index >= 15 is 0 Å². The van der Waals surface area contributed by atoms with Crippen molar-refractivity contribution < 1.29 is 0 Å². The standard InChI is InChI=1S/C55H38N2/c1-6-20-39(21-7-1)45-31-18-34-51-53(45)47-38-44(36-37-50(47)57(51)43-28-14-5-15-29-43)56(42-26-12-4-13-27-42)52-35-19-33-49-54(52)46-30-16-17-32-48(46)55(49,40-22-8-2-9-23-40)41-24-10-3-11-25-41/h1-38H. The number of aromatic nitrogens is 1. The van der Waals surface area contributed by atoms with Crippen LogP contribution < -0.4 is 4.90 Å². The second kappa shape index (κ2) is 13.4. The molecule has 11 rings (SSSR count). The van der Waals surface area contributed by atoms with Crippen molar-refractivity contribution in [1.29, 1.82) is 0 Å². The first-order chi connectivity index (χ1) is 28.3. The van der Waals surface area contributed by atoms with E-state index in [2.05, 4.69) is 240 Å². The van der Waals surface area contributed by atoms with Crippen molar-refractivity contribution in [2.75, 3.05) is 4.90 Å². The first-order valence-corrected chi connectivity index (χ1v) is 19.7. The third-order valence-electron chi connectivity index (χ3n) is 11.8. The summed E-state index contributed by atoms with van der Waals surface area (Å²) in [5.41, 5.74) is 16.4. The summed E-state index contributed by atoms with van der Waals surface area (Å²) < 4.78 is 2.41. The molecule has 0 saturated heterocycles. The topological polar surface area (TPSA) is 8.17 Å². The third-order valence-corrected chi connectivity index (χ3v) is 11.8. The molecule has 0 spiro atoms. The lowest BCUT2D eigenvalue weighted by molar-refractivity contribution is 0.768. The Morgan fingerprint density at radius 3 is 1.65 bits per heavy atom. The molecule has 2 heteroatoms. The van der Waals surface area contributed by atoms with Crippen LogP contribution in [0.15, 0.2) is 231 Å². The Labute approximate surface area is 333 Å². The van der Waals surface area contributed by atoms with Crippen molar-refractivity contribution >= 4 is 38.9 Å².